The van der Waals surface area contributed by atoms with Gasteiger partial charge in [0.15, 0.2) is 10.4 Å². The third-order valence-corrected chi connectivity index (χ3v) is 1.48. The lowest BCUT2D eigenvalue weighted by molar-refractivity contribution is 0.0691. The van der Waals surface area contributed by atoms with Crippen LogP contribution in [0.3, 0.4) is 0 Å². The van der Waals surface area contributed by atoms with E-state index in [0.29, 0.717) is 4.73 Å². The molecule has 0 spiro atoms. The Labute approximate surface area is 69.4 Å². The topological polar surface area (TPSA) is 66.0 Å². The molecule has 1 aromatic rings. The summed E-state index contributed by atoms with van der Waals surface area (Å²) < 4.78 is 0.315. The monoisotopic (exact) mass is 224 g/mol. The molecule has 0 saturated heterocycles. The Hall–Kier alpha value is -0.550. The van der Waals surface area contributed by atoms with Crippen LogP contribution in [0.4, 0.5) is 0 Å². The molecule has 1 heterocycles. The zero-order valence-electron chi connectivity index (χ0n) is 4.56. The Balaban J connectivity index is 3.15. The number of halogens is 2. The quantitative estimate of drug-likeness (QED) is 0.761. The Kier molecular flexibility index (Phi) is 1.96. The van der Waals surface area contributed by atoms with Crippen molar-refractivity contribution in [3.05, 3.63) is 15.6 Å². The molecule has 6 heteroatoms. The lowest BCUT2D eigenvalue weighted by atomic mass is 10.5. The number of hydrogen-bond acceptors (Lipinski definition) is 2. The predicted octanol–water partition coefficient (Wildman–Crippen LogP) is 1.52. The zero-order chi connectivity index (χ0) is 7.72. The van der Waals surface area contributed by atoms with Gasteiger partial charge in [-0.25, -0.2) is 9.78 Å². The Morgan fingerprint density at radius 3 is 2.60 bits per heavy atom. The van der Waals surface area contributed by atoms with Gasteiger partial charge in [-0.1, -0.05) is 11.6 Å². The predicted molar refractivity (Wildman–Crippen MR) is 38.3 cm³/mol. The molecule has 0 radical (unpaired) electrons. The summed E-state index contributed by atoms with van der Waals surface area (Å²) in [4.78, 5) is 16.3. The third kappa shape index (κ3) is 1.30. The van der Waals surface area contributed by atoms with Gasteiger partial charge in [-0.3, -0.25) is 0 Å². The standard InChI is InChI=1S/C4H2BrClN2O2/c5-4-7-1(3(9)10)2(6)8-4/h(H,7,8)(H,9,10). The first-order valence-corrected chi connectivity index (χ1v) is 3.42. The van der Waals surface area contributed by atoms with Crippen LogP contribution in [0.1, 0.15) is 10.5 Å². The van der Waals surface area contributed by atoms with E-state index < -0.39 is 5.97 Å². The fourth-order valence-corrected chi connectivity index (χ4v) is 1.17. The van der Waals surface area contributed by atoms with Crippen molar-refractivity contribution in [3.63, 3.8) is 0 Å². The van der Waals surface area contributed by atoms with Crippen molar-refractivity contribution < 1.29 is 9.90 Å². The highest BCUT2D eigenvalue weighted by atomic mass is 79.9. The van der Waals surface area contributed by atoms with Gasteiger partial charge in [0, 0.05) is 0 Å². The van der Waals surface area contributed by atoms with Gasteiger partial charge < -0.3 is 10.1 Å². The molecule has 1 aromatic heterocycles. The van der Waals surface area contributed by atoms with Crippen molar-refractivity contribution in [2.24, 2.45) is 0 Å². The lowest BCUT2D eigenvalue weighted by Crippen LogP contribution is -1.96. The molecule has 0 bridgehead atoms. The summed E-state index contributed by atoms with van der Waals surface area (Å²) in [6, 6.07) is 0. The Bertz CT molecular complexity index is 272. The average Bonchev–Trinajstić information content (AvgIpc) is 2.10. The van der Waals surface area contributed by atoms with E-state index in [1.165, 1.54) is 0 Å². The van der Waals surface area contributed by atoms with Crippen molar-refractivity contribution in [3.8, 4) is 0 Å². The number of imidazole rings is 1. The van der Waals surface area contributed by atoms with Crippen molar-refractivity contribution in [2.45, 2.75) is 0 Å². The van der Waals surface area contributed by atoms with Crippen LogP contribution in [-0.2, 0) is 0 Å². The summed E-state index contributed by atoms with van der Waals surface area (Å²) in [7, 11) is 0. The van der Waals surface area contributed by atoms with E-state index in [1.54, 1.807) is 0 Å². The molecule has 0 saturated carbocycles. The summed E-state index contributed by atoms with van der Waals surface area (Å²) in [5, 5.41) is 8.42. The van der Waals surface area contributed by atoms with Crippen molar-refractivity contribution in [1.29, 1.82) is 0 Å². The Morgan fingerprint density at radius 1 is 1.80 bits per heavy atom. The van der Waals surface area contributed by atoms with E-state index in [-0.39, 0.29) is 10.8 Å². The van der Waals surface area contributed by atoms with Crippen LogP contribution in [0.2, 0.25) is 5.15 Å². The fourth-order valence-electron chi connectivity index (χ4n) is 0.467. The van der Waals surface area contributed by atoms with Gasteiger partial charge in [-0.2, -0.15) is 0 Å². The smallest absolute Gasteiger partial charge is 0.357 e. The molecule has 0 fully saturated rings. The summed E-state index contributed by atoms with van der Waals surface area (Å²) in [5.74, 6) is -1.15. The molecule has 54 valence electrons. The second-order valence-corrected chi connectivity index (χ2v) is 2.62. The number of H-pyrrole nitrogens is 1. The maximum atomic E-state index is 10.2. The highest BCUT2D eigenvalue weighted by Crippen LogP contribution is 2.15. The van der Waals surface area contributed by atoms with E-state index in [2.05, 4.69) is 25.9 Å². The van der Waals surface area contributed by atoms with Crippen LogP contribution in [-0.4, -0.2) is 21.0 Å². The van der Waals surface area contributed by atoms with Gasteiger partial charge in [0.05, 0.1) is 0 Å². The van der Waals surface area contributed by atoms with Gasteiger partial charge in [0.2, 0.25) is 0 Å². The van der Waals surface area contributed by atoms with Crippen LogP contribution in [0.25, 0.3) is 0 Å². The molecule has 4 nitrogen and oxygen atoms in total. The molecule has 0 atom stereocenters. The first-order valence-electron chi connectivity index (χ1n) is 2.25. The maximum Gasteiger partial charge on any atom is 0.357 e. The van der Waals surface area contributed by atoms with Crippen LogP contribution in [0.15, 0.2) is 4.73 Å². The van der Waals surface area contributed by atoms with Crippen LogP contribution >= 0.6 is 27.5 Å². The number of aromatic nitrogens is 2. The Morgan fingerprint density at radius 2 is 2.40 bits per heavy atom. The molecular weight excluding hydrogens is 223 g/mol. The number of aromatic amines is 1. The van der Waals surface area contributed by atoms with E-state index in [1.807, 2.05) is 0 Å². The van der Waals surface area contributed by atoms with Crippen molar-refractivity contribution >= 4 is 33.5 Å². The molecule has 1 rings (SSSR count). The molecule has 0 aliphatic heterocycles. The summed E-state index contributed by atoms with van der Waals surface area (Å²) in [6.45, 7) is 0. The minimum Gasteiger partial charge on any atom is -0.476 e. The number of carbonyl (C=O) groups is 1. The fraction of sp³-hybridized carbons (Fsp3) is 0. The van der Waals surface area contributed by atoms with E-state index in [9.17, 15) is 4.79 Å². The van der Waals surface area contributed by atoms with Gasteiger partial charge in [-0.05, 0) is 15.9 Å². The minimum absolute atomic E-state index is 0.0272. The molecular formula is C4H2BrClN2O2. The largest absolute Gasteiger partial charge is 0.476 e. The normalized spacial score (nSPS) is 9.80. The van der Waals surface area contributed by atoms with E-state index in [4.69, 9.17) is 16.7 Å². The molecule has 0 aromatic carbocycles. The van der Waals surface area contributed by atoms with Gasteiger partial charge in [-0.15, -0.1) is 0 Å². The van der Waals surface area contributed by atoms with Crippen LogP contribution < -0.4 is 0 Å². The number of carboxylic acids is 1. The summed E-state index contributed by atoms with van der Waals surface area (Å²) in [6.07, 6.45) is 0. The van der Waals surface area contributed by atoms with Crippen molar-refractivity contribution in [1.82, 2.24) is 9.97 Å². The van der Waals surface area contributed by atoms with Crippen LogP contribution in [0, 0.1) is 0 Å². The van der Waals surface area contributed by atoms with Gasteiger partial charge >= 0.3 is 5.97 Å². The van der Waals surface area contributed by atoms with E-state index >= 15 is 0 Å². The molecule has 10 heavy (non-hydrogen) atoms. The highest BCUT2D eigenvalue weighted by molar-refractivity contribution is 9.10. The highest BCUT2D eigenvalue weighted by Gasteiger charge is 2.12. The second kappa shape index (κ2) is 2.59. The number of nitrogens with zero attached hydrogens (tertiary/aromatic N) is 1. The SMILES string of the molecule is O=C(O)c1nc(Br)[nH]c1Cl. The molecule has 0 aliphatic rings. The molecule has 0 amide bonds. The second-order valence-electron chi connectivity index (χ2n) is 1.50. The first kappa shape index (κ1) is 7.56. The molecule has 0 aliphatic carbocycles. The van der Waals surface area contributed by atoms with Gasteiger partial charge in [0.1, 0.15) is 5.15 Å². The third-order valence-electron chi connectivity index (χ3n) is 0.833. The maximum absolute atomic E-state index is 10.2. The average molecular weight is 225 g/mol. The number of rotatable bonds is 1. The van der Waals surface area contributed by atoms with Crippen LogP contribution in [0.5, 0.6) is 0 Å². The summed E-state index contributed by atoms with van der Waals surface area (Å²) in [5.41, 5.74) is -0.173. The first-order chi connectivity index (χ1) is 4.61. The summed E-state index contributed by atoms with van der Waals surface area (Å²) >= 11 is 8.35. The lowest BCUT2D eigenvalue weighted by Gasteiger charge is -1.82. The number of aromatic carboxylic acids is 1. The number of carboxylic acid groups (broad SMARTS) is 1. The van der Waals surface area contributed by atoms with E-state index in [0.717, 1.165) is 0 Å². The van der Waals surface area contributed by atoms with Crippen molar-refractivity contribution in [2.75, 3.05) is 0 Å². The zero-order valence-corrected chi connectivity index (χ0v) is 6.90. The molecule has 2 N–H and O–H groups in total. The number of hydrogen-bond donors (Lipinski definition) is 2. The van der Waals surface area contributed by atoms with Gasteiger partial charge in [0.25, 0.3) is 0 Å². The number of nitrogens with one attached hydrogen (secondary N) is 1. The minimum atomic E-state index is -1.15. The molecule has 0 unspecified atom stereocenters.